The molecular formula is C30H39SiZr. The first kappa shape index (κ1) is 24.2. The summed E-state index contributed by atoms with van der Waals surface area (Å²) in [5.74, 6) is 0.525. The SMILES string of the molecule is CC1=Cc2cc(C(C)(C)C)ccc2C1C[SiH]([Zr])CC1C(C)=Cc2cc(C(C)(C)C)ccc21. The molecule has 0 aliphatic heterocycles. The van der Waals surface area contributed by atoms with Crippen LogP contribution < -0.4 is 0 Å². The van der Waals surface area contributed by atoms with Crippen molar-refractivity contribution in [3.8, 4) is 0 Å². The standard InChI is InChI=1S/C30H39Si.Zr/c1-19-13-21-15-23(29(3,4)5)9-11-25(21)27(19)17-31-18-28-20(2)14-22-16-24(30(6,7)8)10-12-26(22)28;/h9-16,27-28,31H,17-18H2,1-8H3;. The maximum atomic E-state index is 2.47. The third-order valence-electron chi connectivity index (χ3n) is 7.56. The molecule has 0 heterocycles. The summed E-state index contributed by atoms with van der Waals surface area (Å²) in [4.78, 5) is 0. The molecular weight excluding hydrogens is 480 g/mol. The minimum atomic E-state index is -0.786. The van der Waals surface area contributed by atoms with Gasteiger partial charge in [-0.05, 0) is 0 Å². The summed E-state index contributed by atoms with van der Waals surface area (Å²) in [7, 11) is 0. The second-order valence-corrected chi connectivity index (χ2v) is 20.6. The minimum absolute atomic E-state index is 0.216. The molecule has 2 unspecified atom stereocenters. The van der Waals surface area contributed by atoms with Crippen molar-refractivity contribution in [2.45, 2.75) is 90.1 Å². The fourth-order valence-electron chi connectivity index (χ4n) is 5.44. The van der Waals surface area contributed by atoms with Crippen LogP contribution in [0.3, 0.4) is 0 Å². The van der Waals surface area contributed by atoms with Crippen LogP contribution in [0.5, 0.6) is 0 Å². The molecule has 0 amide bonds. The van der Waals surface area contributed by atoms with Gasteiger partial charge in [0.1, 0.15) is 0 Å². The van der Waals surface area contributed by atoms with E-state index in [1.165, 1.54) is 34.3 Å². The maximum absolute atomic E-state index is 2.47. The van der Waals surface area contributed by atoms with Crippen LogP contribution >= 0.6 is 0 Å². The first-order valence-corrected chi connectivity index (χ1v) is 18.7. The van der Waals surface area contributed by atoms with Gasteiger partial charge in [0.15, 0.2) is 0 Å². The van der Waals surface area contributed by atoms with E-state index in [1.807, 2.05) is 23.9 Å². The molecule has 2 aromatic rings. The molecule has 2 aliphatic rings. The van der Waals surface area contributed by atoms with Gasteiger partial charge in [0.2, 0.25) is 0 Å². The molecule has 2 aliphatic carbocycles. The molecule has 0 spiro atoms. The molecule has 0 fully saturated rings. The molecule has 4 rings (SSSR count). The summed E-state index contributed by atoms with van der Waals surface area (Å²) in [6.45, 7) is 18.6. The fourth-order valence-corrected chi connectivity index (χ4v) is 11.5. The summed E-state index contributed by atoms with van der Waals surface area (Å²) in [5, 5.41) is 0. The number of hydrogen-bond acceptors (Lipinski definition) is 0. The number of hydrogen-bond donors (Lipinski definition) is 0. The summed E-state index contributed by atoms with van der Waals surface area (Å²) >= 11 is 1.82. The molecule has 0 aromatic heterocycles. The van der Waals surface area contributed by atoms with Gasteiger partial charge in [-0.25, -0.2) is 0 Å². The Morgan fingerprint density at radius 2 is 1.06 bits per heavy atom. The molecule has 0 nitrogen and oxygen atoms in total. The zero-order chi connectivity index (χ0) is 23.4. The monoisotopic (exact) mass is 517 g/mol. The molecule has 2 heteroatoms. The zero-order valence-electron chi connectivity index (χ0n) is 21.3. The van der Waals surface area contributed by atoms with E-state index in [0.717, 1.165) is 0 Å². The Labute approximate surface area is 212 Å². The van der Waals surface area contributed by atoms with E-state index in [4.69, 9.17) is 0 Å². The predicted molar refractivity (Wildman–Crippen MR) is 140 cm³/mol. The summed E-state index contributed by atoms with van der Waals surface area (Å²) in [6, 6.07) is 17.4. The topological polar surface area (TPSA) is 0 Å². The van der Waals surface area contributed by atoms with E-state index in [9.17, 15) is 0 Å². The van der Waals surface area contributed by atoms with Crippen LogP contribution in [-0.4, -0.2) is 5.92 Å². The van der Waals surface area contributed by atoms with Crippen LogP contribution in [0, 0.1) is 0 Å². The molecule has 0 saturated heterocycles. The van der Waals surface area contributed by atoms with Gasteiger partial charge in [-0.15, -0.1) is 0 Å². The van der Waals surface area contributed by atoms with E-state index < -0.39 is 5.92 Å². The second kappa shape index (κ2) is 8.66. The first-order chi connectivity index (χ1) is 14.8. The Hall–Kier alpha value is -0.980. The van der Waals surface area contributed by atoms with Crippen LogP contribution in [0.1, 0.15) is 101 Å². The fraction of sp³-hybridized carbons (Fsp3) is 0.467. The Morgan fingerprint density at radius 1 is 0.688 bits per heavy atom. The Morgan fingerprint density at radius 3 is 1.41 bits per heavy atom. The van der Waals surface area contributed by atoms with E-state index in [0.29, 0.717) is 11.8 Å². The molecule has 167 valence electrons. The molecule has 0 saturated carbocycles. The van der Waals surface area contributed by atoms with E-state index in [-0.39, 0.29) is 10.8 Å². The first-order valence-electron chi connectivity index (χ1n) is 12.2. The Balaban J connectivity index is 1.50. The van der Waals surface area contributed by atoms with Crippen LogP contribution in [0.2, 0.25) is 12.1 Å². The normalized spacial score (nSPS) is 21.1. The van der Waals surface area contributed by atoms with Crippen LogP contribution in [0.15, 0.2) is 47.5 Å². The molecule has 0 bridgehead atoms. The summed E-state index contributed by atoms with van der Waals surface area (Å²) in [6.07, 6.45) is 4.94. The molecule has 32 heavy (non-hydrogen) atoms. The summed E-state index contributed by atoms with van der Waals surface area (Å²) in [5.41, 5.74) is 12.6. The van der Waals surface area contributed by atoms with Crippen LogP contribution in [0.25, 0.3) is 12.2 Å². The van der Waals surface area contributed by atoms with Gasteiger partial charge in [0.25, 0.3) is 0 Å². The summed E-state index contributed by atoms with van der Waals surface area (Å²) < 4.78 is 0. The third kappa shape index (κ3) is 4.78. The van der Waals surface area contributed by atoms with E-state index in [2.05, 4.69) is 104 Å². The Kier molecular flexibility index (Phi) is 6.54. The number of benzene rings is 2. The van der Waals surface area contributed by atoms with Crippen molar-refractivity contribution in [2.24, 2.45) is 0 Å². The van der Waals surface area contributed by atoms with Gasteiger partial charge in [0.05, 0.1) is 0 Å². The van der Waals surface area contributed by atoms with Gasteiger partial charge >= 0.3 is 213 Å². The number of fused-ring (bicyclic) bond motifs is 2. The second-order valence-electron chi connectivity index (χ2n) is 12.2. The van der Waals surface area contributed by atoms with E-state index in [1.54, 1.807) is 22.3 Å². The molecule has 2 atom stereocenters. The van der Waals surface area contributed by atoms with E-state index >= 15 is 0 Å². The Bertz CT molecular complexity index is 1000. The molecule has 0 radical (unpaired) electrons. The van der Waals surface area contributed by atoms with Crippen molar-refractivity contribution in [1.82, 2.24) is 0 Å². The van der Waals surface area contributed by atoms with Crippen LogP contribution in [-0.2, 0) is 34.7 Å². The van der Waals surface area contributed by atoms with Gasteiger partial charge in [0, 0.05) is 0 Å². The number of allylic oxidation sites excluding steroid dienone is 2. The predicted octanol–water partition coefficient (Wildman–Crippen LogP) is 8.25. The van der Waals surface area contributed by atoms with Gasteiger partial charge in [-0.2, -0.15) is 0 Å². The molecule has 0 N–H and O–H groups in total. The average Bonchev–Trinajstić information content (AvgIpc) is 3.15. The van der Waals surface area contributed by atoms with Gasteiger partial charge < -0.3 is 0 Å². The molecule has 2 aromatic carbocycles. The van der Waals surface area contributed by atoms with Crippen molar-refractivity contribution >= 4 is 18.1 Å². The quantitative estimate of drug-likeness (QED) is 0.357. The van der Waals surface area contributed by atoms with Gasteiger partial charge in [-0.3, -0.25) is 0 Å². The van der Waals surface area contributed by atoms with Gasteiger partial charge in [-0.1, -0.05) is 0 Å². The average molecular weight is 519 g/mol. The van der Waals surface area contributed by atoms with Crippen molar-refractivity contribution in [2.75, 3.05) is 0 Å². The van der Waals surface area contributed by atoms with Crippen LogP contribution in [0.4, 0.5) is 0 Å². The zero-order valence-corrected chi connectivity index (χ0v) is 24.9. The van der Waals surface area contributed by atoms with Crippen molar-refractivity contribution < 1.29 is 23.9 Å². The third-order valence-corrected chi connectivity index (χ3v) is 13.1. The van der Waals surface area contributed by atoms with Crippen molar-refractivity contribution in [1.29, 1.82) is 0 Å². The van der Waals surface area contributed by atoms with Crippen molar-refractivity contribution in [3.05, 3.63) is 80.9 Å². The number of rotatable bonds is 4. The van der Waals surface area contributed by atoms with Crippen molar-refractivity contribution in [3.63, 3.8) is 0 Å².